The summed E-state index contributed by atoms with van der Waals surface area (Å²) in [6.45, 7) is 20.7. The molecule has 0 saturated heterocycles. The Bertz CT molecular complexity index is 776. The smallest absolute Gasteiger partial charge is 0.197 e. The highest BCUT2D eigenvalue weighted by Crippen LogP contribution is 2.43. The van der Waals surface area contributed by atoms with Crippen molar-refractivity contribution in [2.24, 2.45) is 10.8 Å². The van der Waals surface area contributed by atoms with E-state index in [0.29, 0.717) is 17.9 Å². The van der Waals surface area contributed by atoms with E-state index in [-0.39, 0.29) is 11.7 Å². The van der Waals surface area contributed by atoms with Crippen molar-refractivity contribution in [2.45, 2.75) is 87.5 Å². The van der Waals surface area contributed by atoms with Crippen LogP contribution in [0.3, 0.4) is 0 Å². The van der Waals surface area contributed by atoms with Crippen LogP contribution in [0, 0.1) is 24.7 Å². The summed E-state index contributed by atoms with van der Waals surface area (Å²) in [4.78, 5) is 0. The lowest BCUT2D eigenvalue weighted by Crippen LogP contribution is -2.23. The van der Waals surface area contributed by atoms with Crippen molar-refractivity contribution in [3.8, 4) is 5.75 Å². The van der Waals surface area contributed by atoms with Gasteiger partial charge in [0.05, 0.1) is 6.61 Å². The zero-order chi connectivity index (χ0) is 21.8. The number of hydrogen-bond acceptors (Lipinski definition) is 2. The minimum Gasteiger partial charge on any atom is -0.465 e. The second-order valence-corrected chi connectivity index (χ2v) is 10.7. The summed E-state index contributed by atoms with van der Waals surface area (Å²) in [6, 6.07) is 15.0. The van der Waals surface area contributed by atoms with E-state index in [4.69, 9.17) is 9.47 Å². The van der Waals surface area contributed by atoms with E-state index in [9.17, 15) is 0 Å². The Balaban J connectivity index is 2.00. The van der Waals surface area contributed by atoms with Gasteiger partial charge >= 0.3 is 0 Å². The van der Waals surface area contributed by atoms with Crippen LogP contribution < -0.4 is 4.74 Å². The van der Waals surface area contributed by atoms with Gasteiger partial charge in [0.1, 0.15) is 5.75 Å². The van der Waals surface area contributed by atoms with Gasteiger partial charge < -0.3 is 9.47 Å². The van der Waals surface area contributed by atoms with Crippen LogP contribution in [0.1, 0.15) is 83.1 Å². The quantitative estimate of drug-likeness (QED) is 0.444. The molecule has 0 aliphatic heterocycles. The van der Waals surface area contributed by atoms with Gasteiger partial charge in [-0.3, -0.25) is 0 Å². The number of hydrogen-bond donors (Lipinski definition) is 0. The van der Waals surface area contributed by atoms with E-state index in [0.717, 1.165) is 12.2 Å². The highest BCUT2D eigenvalue weighted by Gasteiger charge is 2.30. The summed E-state index contributed by atoms with van der Waals surface area (Å²) >= 11 is 0. The molecule has 0 saturated carbocycles. The van der Waals surface area contributed by atoms with Crippen molar-refractivity contribution in [1.29, 1.82) is 0 Å². The maximum atomic E-state index is 6.00. The van der Waals surface area contributed by atoms with Crippen molar-refractivity contribution >= 4 is 0 Å². The lowest BCUT2D eigenvalue weighted by molar-refractivity contribution is -0.0760. The van der Waals surface area contributed by atoms with Crippen molar-refractivity contribution in [3.63, 3.8) is 0 Å². The first-order valence-electron chi connectivity index (χ1n) is 10.8. The van der Waals surface area contributed by atoms with E-state index >= 15 is 0 Å². The normalized spacial score (nSPS) is 14.5. The van der Waals surface area contributed by atoms with Crippen LogP contribution in [0.4, 0.5) is 0 Å². The second kappa shape index (κ2) is 9.34. The molecule has 0 aliphatic carbocycles. The predicted molar refractivity (Wildman–Crippen MR) is 124 cm³/mol. The van der Waals surface area contributed by atoms with Gasteiger partial charge in [0, 0.05) is 0 Å². The topological polar surface area (TPSA) is 18.5 Å². The number of ether oxygens (including phenoxy) is 2. The fourth-order valence-electron chi connectivity index (χ4n) is 3.76. The molecule has 2 nitrogen and oxygen atoms in total. The molecule has 0 bridgehead atoms. The molecular formula is C27H40O2. The van der Waals surface area contributed by atoms with Crippen molar-refractivity contribution in [3.05, 3.63) is 64.7 Å². The summed E-state index contributed by atoms with van der Waals surface area (Å²) in [5, 5.41) is 0. The monoisotopic (exact) mass is 396 g/mol. The molecule has 2 aromatic carbocycles. The molecule has 2 aromatic rings. The highest BCUT2D eigenvalue weighted by atomic mass is 16.7. The Morgan fingerprint density at radius 3 is 2.00 bits per heavy atom. The third kappa shape index (κ3) is 7.51. The molecule has 0 fully saturated rings. The molecule has 0 amide bonds. The molecule has 0 spiro atoms. The molecule has 0 aromatic heterocycles. The molecule has 1 unspecified atom stereocenters. The third-order valence-corrected chi connectivity index (χ3v) is 5.42. The first-order chi connectivity index (χ1) is 13.3. The Hall–Kier alpha value is -1.80. The summed E-state index contributed by atoms with van der Waals surface area (Å²) in [5.74, 6) is 1.36. The van der Waals surface area contributed by atoms with Gasteiger partial charge in [0.15, 0.2) is 6.29 Å². The Kier molecular flexibility index (Phi) is 7.56. The van der Waals surface area contributed by atoms with E-state index in [1.165, 1.54) is 22.3 Å². The average Bonchev–Trinajstić information content (AvgIpc) is 2.58. The predicted octanol–water partition coefficient (Wildman–Crippen LogP) is 7.81. The van der Waals surface area contributed by atoms with Crippen LogP contribution in [0.25, 0.3) is 0 Å². The zero-order valence-corrected chi connectivity index (χ0v) is 19.9. The van der Waals surface area contributed by atoms with Gasteiger partial charge in [-0.2, -0.15) is 0 Å². The van der Waals surface area contributed by atoms with E-state index in [1.807, 2.05) is 6.92 Å². The number of aryl methyl sites for hydroxylation is 2. The first-order valence-corrected chi connectivity index (χ1v) is 10.8. The van der Waals surface area contributed by atoms with Crippen LogP contribution in [0.15, 0.2) is 42.5 Å². The Morgan fingerprint density at radius 2 is 1.48 bits per heavy atom. The lowest BCUT2D eigenvalue weighted by atomic mass is 9.69. The summed E-state index contributed by atoms with van der Waals surface area (Å²) in [5.41, 5.74) is 5.63. The van der Waals surface area contributed by atoms with E-state index in [2.05, 4.69) is 97.9 Å². The molecular weight excluding hydrogens is 356 g/mol. The highest BCUT2D eigenvalue weighted by molar-refractivity contribution is 5.31. The number of benzene rings is 2. The first kappa shape index (κ1) is 23.5. The molecule has 0 aliphatic rings. The minimum absolute atomic E-state index is 0.220. The molecule has 0 radical (unpaired) electrons. The zero-order valence-electron chi connectivity index (χ0n) is 19.9. The van der Waals surface area contributed by atoms with E-state index < -0.39 is 0 Å². The fraction of sp³-hybridized carbons (Fsp3) is 0.556. The summed E-state index contributed by atoms with van der Waals surface area (Å²) < 4.78 is 11.9. The molecule has 0 heterocycles. The SMILES string of the molecule is Cc1ccc(COC(C)Oc2ccc([C@@H](CC(C)(C)C)C(C)(C)C)cc2)c(C)c1. The molecule has 2 atom stereocenters. The van der Waals surface area contributed by atoms with Gasteiger partial charge in [-0.15, -0.1) is 0 Å². The Labute approximate surface area is 178 Å². The fourth-order valence-corrected chi connectivity index (χ4v) is 3.76. The summed E-state index contributed by atoms with van der Waals surface area (Å²) in [7, 11) is 0. The van der Waals surface area contributed by atoms with Gasteiger partial charge in [-0.05, 0) is 72.8 Å². The molecule has 160 valence electrons. The van der Waals surface area contributed by atoms with E-state index in [1.54, 1.807) is 0 Å². The Morgan fingerprint density at radius 1 is 0.862 bits per heavy atom. The number of rotatable bonds is 7. The summed E-state index contributed by atoms with van der Waals surface area (Å²) in [6.07, 6.45) is 0.862. The van der Waals surface area contributed by atoms with Crippen molar-refractivity contribution < 1.29 is 9.47 Å². The maximum Gasteiger partial charge on any atom is 0.197 e. The van der Waals surface area contributed by atoms with Crippen molar-refractivity contribution in [1.82, 2.24) is 0 Å². The largest absolute Gasteiger partial charge is 0.465 e. The van der Waals surface area contributed by atoms with Crippen LogP contribution in [-0.2, 0) is 11.3 Å². The van der Waals surface area contributed by atoms with Crippen LogP contribution in [0.5, 0.6) is 5.75 Å². The average molecular weight is 397 g/mol. The van der Waals surface area contributed by atoms with Gasteiger partial charge in [-0.1, -0.05) is 77.4 Å². The molecule has 29 heavy (non-hydrogen) atoms. The molecule has 2 rings (SSSR count). The third-order valence-electron chi connectivity index (χ3n) is 5.42. The van der Waals surface area contributed by atoms with Gasteiger partial charge in [0.2, 0.25) is 0 Å². The lowest BCUT2D eigenvalue weighted by Gasteiger charge is -2.36. The molecule has 2 heteroatoms. The van der Waals surface area contributed by atoms with Crippen LogP contribution in [0.2, 0.25) is 0 Å². The van der Waals surface area contributed by atoms with Crippen LogP contribution >= 0.6 is 0 Å². The maximum absolute atomic E-state index is 6.00. The minimum atomic E-state index is -0.297. The van der Waals surface area contributed by atoms with Crippen molar-refractivity contribution in [2.75, 3.05) is 0 Å². The molecule has 0 N–H and O–H groups in total. The van der Waals surface area contributed by atoms with Gasteiger partial charge in [0.25, 0.3) is 0 Å². The second-order valence-electron chi connectivity index (χ2n) is 10.7. The van der Waals surface area contributed by atoms with Crippen LogP contribution in [-0.4, -0.2) is 6.29 Å². The standard InChI is InChI=1S/C27H40O2/c1-19-10-11-23(20(2)16-19)18-28-21(3)29-24-14-12-22(13-15-24)25(27(7,8)9)17-26(4,5)6/h10-16,21,25H,17-18H2,1-9H3/t21?,25-/m1/s1. The van der Waals surface area contributed by atoms with Gasteiger partial charge in [-0.25, -0.2) is 0 Å².